The maximum Gasteiger partial charge on any atom is 0.328 e. The molecule has 24 heteroatoms. The fourth-order valence-corrected chi connectivity index (χ4v) is 31.9. The normalized spacial score (nSPS) is 32.4. The van der Waals surface area contributed by atoms with Gasteiger partial charge in [0, 0.05) is 93.5 Å². The van der Waals surface area contributed by atoms with Crippen molar-refractivity contribution < 1.29 is 62.9 Å². The van der Waals surface area contributed by atoms with Crippen molar-refractivity contribution in [3.63, 3.8) is 0 Å². The highest BCUT2D eigenvalue weighted by molar-refractivity contribution is 8.77. The summed E-state index contributed by atoms with van der Waals surface area (Å²) in [6.07, 6.45) is 37.4. The minimum absolute atomic E-state index is 0.00542. The zero-order valence-corrected chi connectivity index (χ0v) is 73.6. The lowest BCUT2D eigenvalue weighted by Gasteiger charge is -2.61. The van der Waals surface area contributed by atoms with E-state index in [2.05, 4.69) is 109 Å². The second-order valence-corrected chi connectivity index (χ2v) is 44.0. The molecule has 0 amide bonds. The Balaban J connectivity index is 0.475. The van der Waals surface area contributed by atoms with Crippen LogP contribution in [-0.4, -0.2) is 138 Å². The first kappa shape index (κ1) is 85.7. The van der Waals surface area contributed by atoms with E-state index in [-0.39, 0.29) is 96.0 Å². The third-order valence-corrected chi connectivity index (χ3v) is 37.9. The number of hydrogen-bond donors (Lipinski definition) is 1. The van der Waals surface area contributed by atoms with Crippen LogP contribution in [0.25, 0.3) is 44.3 Å². The van der Waals surface area contributed by atoms with E-state index in [1.807, 2.05) is 55.6 Å². The number of aromatic nitrogens is 7. The first-order chi connectivity index (χ1) is 56.2. The van der Waals surface area contributed by atoms with Gasteiger partial charge in [0.15, 0.2) is 0 Å². The number of hydrogen-bond acceptors (Lipinski definition) is 20. The summed E-state index contributed by atoms with van der Waals surface area (Å²) in [5, 5.41) is 21.8. The van der Waals surface area contributed by atoms with Crippen molar-refractivity contribution in [3.05, 3.63) is 48.8 Å². The summed E-state index contributed by atoms with van der Waals surface area (Å²) in [6.45, 7) is 17.6. The molecular formula is C92H133N8O12S4+. The average Bonchev–Trinajstić information content (AvgIpc) is 1.48. The highest BCUT2D eigenvalue weighted by Crippen LogP contribution is 2.71. The van der Waals surface area contributed by atoms with E-state index in [0.717, 1.165) is 120 Å². The predicted octanol–water partition coefficient (Wildman–Crippen LogP) is 18.9. The summed E-state index contributed by atoms with van der Waals surface area (Å²) in [5.41, 5.74) is 10.5. The van der Waals surface area contributed by atoms with Crippen molar-refractivity contribution in [2.24, 2.45) is 92.7 Å². The van der Waals surface area contributed by atoms with E-state index < -0.39 is 0 Å². The SMILES string of the molecule is C[C@H](CCC(=O)OCCCOC(=O)CCCCC1CCSS1)C1CCC2C3CCC4CC(OC(=O)Cn5cc(-c6ccc7c8ccc(-c9cn(CC(=O)O[C@@H]%10CCC%11(C)C%12CCC%13(C)C(CCC%13[C@H](C)CCC(=O)OCCCOC(=O)CCCCC%13CCSS%13)C%12CC[C@@H]%11C%10)nn9)cc8n(CC[NH3+])c7c6)nn5)CCC4(C)C3CCC21C. The summed E-state index contributed by atoms with van der Waals surface area (Å²) in [4.78, 5) is 78.0. The van der Waals surface area contributed by atoms with Crippen LogP contribution in [0.5, 0.6) is 0 Å². The minimum atomic E-state index is -0.275. The van der Waals surface area contributed by atoms with E-state index in [4.69, 9.17) is 28.4 Å². The molecule has 2 saturated heterocycles. The molecule has 2 aromatic carbocycles. The van der Waals surface area contributed by atoms with Gasteiger partial charge < -0.3 is 38.7 Å². The van der Waals surface area contributed by atoms with Crippen molar-refractivity contribution in [1.82, 2.24) is 34.6 Å². The zero-order valence-electron chi connectivity index (χ0n) is 70.3. The molecule has 5 aromatic rings. The number of esters is 6. The third kappa shape index (κ3) is 19.3. The Bertz CT molecular complexity index is 3960. The van der Waals surface area contributed by atoms with Crippen molar-refractivity contribution in [1.29, 1.82) is 0 Å². The molecule has 8 saturated carbocycles. The molecule has 20 nitrogen and oxygen atoms in total. The van der Waals surface area contributed by atoms with Gasteiger partial charge in [-0.2, -0.15) is 0 Å². The minimum Gasteiger partial charge on any atom is -0.466 e. The average molecular weight is 1670 g/mol. The fraction of sp³-hybridized carbons (Fsp3) is 0.761. The Hall–Kier alpha value is -5.30. The van der Waals surface area contributed by atoms with E-state index >= 15 is 0 Å². The summed E-state index contributed by atoms with van der Waals surface area (Å²) >= 11 is 0. The predicted molar refractivity (Wildman–Crippen MR) is 459 cm³/mol. The molecule has 0 bridgehead atoms. The molecule has 15 rings (SSSR count). The van der Waals surface area contributed by atoms with Crippen LogP contribution in [0.3, 0.4) is 0 Å². The van der Waals surface area contributed by atoms with Crippen LogP contribution in [0.2, 0.25) is 0 Å². The lowest BCUT2D eigenvalue weighted by molar-refractivity contribution is -0.369. The number of ether oxygens (including phenoxy) is 6. The summed E-state index contributed by atoms with van der Waals surface area (Å²) in [7, 11) is 7.89. The maximum atomic E-state index is 13.8. The topological polar surface area (TPSA) is 252 Å². The van der Waals surface area contributed by atoms with Crippen molar-refractivity contribution in [2.75, 3.05) is 44.5 Å². The Morgan fingerprint density at radius 1 is 0.474 bits per heavy atom. The van der Waals surface area contributed by atoms with Gasteiger partial charge in [0.2, 0.25) is 0 Å². The molecule has 2 aliphatic heterocycles. The van der Waals surface area contributed by atoms with Crippen LogP contribution >= 0.6 is 43.2 Å². The highest BCUT2D eigenvalue weighted by Gasteiger charge is 2.63. The molecule has 3 N–H and O–H groups in total. The van der Waals surface area contributed by atoms with Crippen LogP contribution in [0.1, 0.15) is 260 Å². The smallest absolute Gasteiger partial charge is 0.328 e. The summed E-state index contributed by atoms with van der Waals surface area (Å²) in [5.74, 6) is 8.71. The highest BCUT2D eigenvalue weighted by atomic mass is 33.1. The third-order valence-electron chi connectivity index (χ3n) is 31.9. The number of nitrogens with zero attached hydrogens (tertiary/aromatic N) is 7. The van der Waals surface area contributed by atoms with Crippen LogP contribution < -0.4 is 5.73 Å². The number of unbranched alkanes of at least 4 members (excludes halogenated alkanes) is 2. The number of carbonyl (C=O) groups excluding carboxylic acids is 6. The van der Waals surface area contributed by atoms with E-state index in [9.17, 15) is 28.8 Å². The van der Waals surface area contributed by atoms with E-state index in [1.165, 1.54) is 114 Å². The molecule has 636 valence electrons. The van der Waals surface area contributed by atoms with Gasteiger partial charge in [-0.1, -0.05) is 132 Å². The van der Waals surface area contributed by atoms with Gasteiger partial charge in [0.1, 0.15) is 36.7 Å². The molecule has 116 heavy (non-hydrogen) atoms. The summed E-state index contributed by atoms with van der Waals surface area (Å²) in [6, 6.07) is 12.7. The largest absolute Gasteiger partial charge is 0.466 e. The summed E-state index contributed by atoms with van der Waals surface area (Å²) < 4.78 is 40.3. The Morgan fingerprint density at radius 3 is 1.30 bits per heavy atom. The van der Waals surface area contributed by atoms with Gasteiger partial charge in [-0.3, -0.25) is 28.8 Å². The maximum absolute atomic E-state index is 13.8. The molecule has 20 atom stereocenters. The number of rotatable bonds is 36. The molecule has 3 aromatic heterocycles. The van der Waals surface area contributed by atoms with Crippen LogP contribution in [0.15, 0.2) is 48.8 Å². The van der Waals surface area contributed by atoms with Gasteiger partial charge >= 0.3 is 35.8 Å². The Kier molecular flexibility index (Phi) is 28.4. The standard InChI is InChI=1S/C92H132N8O12S4/c1-59(17-31-85(103)109-47-11-45-107-83(101)15-9-7-13-67-37-49-113-115-67)73-27-29-75-71-25-21-63-53-65(33-39-89(63,3)77(71)35-41-91(73,75)5)111-87(105)57-98-55-79(94-96-98)61-19-23-69-70-24-20-62(52-82(70)100(44-43-93)81(69)51-61)80-56-99(97-95-80)58-88(106)112-66-34-40-90(4)64(54-66)22-26-72-76-30-28-74(92(76,6)42-36-78(72)90)60(2)18-32-86(104)110-48-12-46-108-84(102)16-10-8-14-68-38-50-114-116-68/h19-20,23-24,51-52,55-56,59-60,63-68,71-78H,7-18,21-22,25-50,53-54,57-58,93H2,1-6H3/p+1/t59-,60-,63-,64?,65-,66?,67?,68?,71?,72?,73?,74?,75?,76?,77?,78?,89?,90?,91?,92?/m1/s1. The second kappa shape index (κ2) is 38.4. The molecular weight excluding hydrogens is 1540 g/mol. The van der Waals surface area contributed by atoms with Crippen molar-refractivity contribution in [2.45, 2.75) is 302 Å². The number of benzene rings is 2. The van der Waals surface area contributed by atoms with Crippen LogP contribution in [0.4, 0.5) is 0 Å². The first-order valence-corrected chi connectivity index (χ1v) is 50.2. The molecule has 10 aliphatic rings. The number of fused-ring (bicyclic) bond motifs is 13. The lowest BCUT2D eigenvalue weighted by atomic mass is 9.44. The lowest BCUT2D eigenvalue weighted by Crippen LogP contribution is -2.54. The monoisotopic (exact) mass is 1670 g/mol. The molecule has 16 unspecified atom stereocenters. The van der Waals surface area contributed by atoms with Gasteiger partial charge in [0.05, 0.1) is 51.9 Å². The molecule has 0 radical (unpaired) electrons. The van der Waals surface area contributed by atoms with E-state index in [1.54, 1.807) is 9.36 Å². The molecule has 10 fully saturated rings. The zero-order chi connectivity index (χ0) is 80.7. The van der Waals surface area contributed by atoms with Crippen LogP contribution in [0, 0.1) is 92.7 Å². The quantitative estimate of drug-likeness (QED) is 0.0169. The van der Waals surface area contributed by atoms with E-state index in [0.29, 0.717) is 147 Å². The second-order valence-electron chi connectivity index (χ2n) is 38.4. The Labute approximate surface area is 704 Å². The van der Waals surface area contributed by atoms with Gasteiger partial charge in [-0.05, 0) is 272 Å². The first-order valence-electron chi connectivity index (χ1n) is 45.4. The van der Waals surface area contributed by atoms with Crippen LogP contribution in [-0.2, 0) is 76.8 Å². The Morgan fingerprint density at radius 2 is 0.888 bits per heavy atom. The van der Waals surface area contributed by atoms with Gasteiger partial charge in [-0.15, -0.1) is 10.2 Å². The number of carbonyl (C=O) groups is 6. The molecule has 5 heterocycles. The molecule has 0 spiro atoms. The van der Waals surface area contributed by atoms with Gasteiger partial charge in [0.25, 0.3) is 0 Å². The van der Waals surface area contributed by atoms with Crippen molar-refractivity contribution in [3.8, 4) is 22.5 Å². The van der Waals surface area contributed by atoms with Gasteiger partial charge in [-0.25, -0.2) is 9.36 Å². The number of quaternary nitrogens is 1. The van der Waals surface area contributed by atoms with Crippen molar-refractivity contribution >= 4 is 101 Å². The fourth-order valence-electron chi connectivity index (χ4n) is 25.8. The molecule has 8 aliphatic carbocycles.